The molecule has 1 heterocycles. The Balaban J connectivity index is 1.89. The van der Waals surface area contributed by atoms with E-state index in [9.17, 15) is 13.2 Å². The molecule has 0 aromatic heterocycles. The highest BCUT2D eigenvalue weighted by atomic mass is 35.5. The van der Waals surface area contributed by atoms with Gasteiger partial charge >= 0.3 is 0 Å². The Bertz CT molecular complexity index is 963. The number of carbonyl (C=O) groups excluding carboxylic acids is 1. The number of sulfonamides is 1. The summed E-state index contributed by atoms with van der Waals surface area (Å²) in [6.45, 7) is 0.426. The van der Waals surface area contributed by atoms with Gasteiger partial charge in [-0.3, -0.25) is 9.10 Å². The summed E-state index contributed by atoms with van der Waals surface area (Å²) in [5.74, 6) is 0.0228. The topological polar surface area (TPSA) is 75.7 Å². The fraction of sp³-hybridized carbons (Fsp3) is 0.235. The van der Waals surface area contributed by atoms with Crippen molar-refractivity contribution in [2.24, 2.45) is 0 Å². The number of ether oxygens (including phenoxy) is 1. The van der Waals surface area contributed by atoms with Gasteiger partial charge in [0, 0.05) is 17.6 Å². The van der Waals surface area contributed by atoms with Crippen molar-refractivity contribution in [3.05, 3.63) is 52.0 Å². The van der Waals surface area contributed by atoms with Crippen molar-refractivity contribution in [1.82, 2.24) is 0 Å². The van der Waals surface area contributed by atoms with Gasteiger partial charge in [-0.1, -0.05) is 23.2 Å². The molecule has 1 fully saturated rings. The second-order valence-corrected chi connectivity index (χ2v) is 8.56. The molecule has 26 heavy (non-hydrogen) atoms. The molecule has 2 aromatic carbocycles. The number of hydrogen-bond acceptors (Lipinski definition) is 4. The maximum atomic E-state index is 12.5. The predicted molar refractivity (Wildman–Crippen MR) is 103 cm³/mol. The molecule has 2 aromatic rings. The van der Waals surface area contributed by atoms with Crippen LogP contribution in [0.25, 0.3) is 0 Å². The van der Waals surface area contributed by atoms with Gasteiger partial charge in [-0.2, -0.15) is 0 Å². The average molecular weight is 415 g/mol. The number of methoxy groups -OCH3 is 1. The molecule has 1 N–H and O–H groups in total. The lowest BCUT2D eigenvalue weighted by Gasteiger charge is -2.19. The summed E-state index contributed by atoms with van der Waals surface area (Å²) < 4.78 is 30.8. The van der Waals surface area contributed by atoms with Crippen LogP contribution in [-0.4, -0.2) is 33.7 Å². The van der Waals surface area contributed by atoms with Crippen LogP contribution >= 0.6 is 23.2 Å². The smallest absolute Gasteiger partial charge is 0.257 e. The minimum atomic E-state index is -3.30. The summed E-state index contributed by atoms with van der Waals surface area (Å²) in [4.78, 5) is 12.5. The molecule has 9 heteroatoms. The monoisotopic (exact) mass is 414 g/mol. The third-order valence-corrected chi connectivity index (χ3v) is 6.43. The van der Waals surface area contributed by atoms with E-state index in [4.69, 9.17) is 27.9 Å². The summed E-state index contributed by atoms with van der Waals surface area (Å²) in [5, 5.41) is 3.37. The minimum Gasteiger partial charge on any atom is -0.494 e. The molecule has 0 aliphatic carbocycles. The third-order valence-electron chi connectivity index (χ3n) is 3.99. The molecule has 138 valence electrons. The summed E-state index contributed by atoms with van der Waals surface area (Å²) in [7, 11) is -1.85. The SMILES string of the molecule is COc1cc(N2CCCS2(=O)=O)ccc1NC(=O)c1cc(Cl)ccc1Cl. The molecule has 0 radical (unpaired) electrons. The zero-order chi connectivity index (χ0) is 18.9. The Labute approximate surface area is 161 Å². The zero-order valence-electron chi connectivity index (χ0n) is 13.8. The normalized spacial score (nSPS) is 15.7. The number of nitrogens with zero attached hydrogens (tertiary/aromatic N) is 1. The van der Waals surface area contributed by atoms with Crippen LogP contribution in [0, 0.1) is 0 Å². The highest BCUT2D eigenvalue weighted by Gasteiger charge is 2.29. The van der Waals surface area contributed by atoms with E-state index in [2.05, 4.69) is 5.32 Å². The maximum absolute atomic E-state index is 12.5. The molecular formula is C17H16Cl2N2O4S. The number of amides is 1. The van der Waals surface area contributed by atoms with E-state index in [1.165, 1.54) is 23.5 Å². The van der Waals surface area contributed by atoms with Crippen LogP contribution in [0.2, 0.25) is 10.0 Å². The van der Waals surface area contributed by atoms with E-state index in [1.54, 1.807) is 24.3 Å². The first-order valence-corrected chi connectivity index (χ1v) is 10.1. The standard InChI is InChI=1S/C17H16Cl2N2O4S/c1-25-16-10-12(21-7-2-8-26(21,23)24)4-6-15(16)20-17(22)13-9-11(18)3-5-14(13)19/h3-6,9-10H,2,7-8H2,1H3,(H,20,22). The molecule has 0 saturated carbocycles. The van der Waals surface area contributed by atoms with Crippen LogP contribution in [-0.2, 0) is 10.0 Å². The number of carbonyl (C=O) groups is 1. The molecule has 0 unspecified atom stereocenters. The fourth-order valence-corrected chi connectivity index (χ4v) is 4.66. The first kappa shape index (κ1) is 18.8. The Kier molecular flexibility index (Phi) is 5.32. The van der Waals surface area contributed by atoms with Gasteiger partial charge in [0.2, 0.25) is 10.0 Å². The zero-order valence-corrected chi connectivity index (χ0v) is 16.2. The summed E-state index contributed by atoms with van der Waals surface area (Å²) >= 11 is 12.0. The van der Waals surface area contributed by atoms with Gasteiger partial charge in [-0.25, -0.2) is 8.42 Å². The predicted octanol–water partition coefficient (Wildman–Crippen LogP) is 3.79. The second kappa shape index (κ2) is 7.34. The molecule has 0 atom stereocenters. The number of benzene rings is 2. The van der Waals surface area contributed by atoms with Crippen molar-refractivity contribution < 1.29 is 17.9 Å². The van der Waals surface area contributed by atoms with E-state index in [0.29, 0.717) is 35.1 Å². The van der Waals surface area contributed by atoms with Crippen LogP contribution in [0.15, 0.2) is 36.4 Å². The minimum absolute atomic E-state index is 0.126. The van der Waals surface area contributed by atoms with E-state index < -0.39 is 15.9 Å². The van der Waals surface area contributed by atoms with Gasteiger partial charge in [0.15, 0.2) is 0 Å². The van der Waals surface area contributed by atoms with E-state index in [1.807, 2.05) is 0 Å². The van der Waals surface area contributed by atoms with E-state index in [-0.39, 0.29) is 16.3 Å². The van der Waals surface area contributed by atoms with Crippen LogP contribution in [0.4, 0.5) is 11.4 Å². The summed E-state index contributed by atoms with van der Waals surface area (Å²) in [6, 6.07) is 9.40. The largest absolute Gasteiger partial charge is 0.494 e. The first-order valence-electron chi connectivity index (χ1n) is 7.76. The van der Waals surface area contributed by atoms with Crippen molar-refractivity contribution in [3.8, 4) is 5.75 Å². The Morgan fingerprint density at radius 3 is 2.62 bits per heavy atom. The average Bonchev–Trinajstić information content (AvgIpc) is 2.96. The van der Waals surface area contributed by atoms with Gasteiger partial charge in [0.25, 0.3) is 5.91 Å². The quantitative estimate of drug-likeness (QED) is 0.825. The second-order valence-electron chi connectivity index (χ2n) is 5.70. The highest BCUT2D eigenvalue weighted by Crippen LogP contribution is 2.33. The van der Waals surface area contributed by atoms with Crippen molar-refractivity contribution in [3.63, 3.8) is 0 Å². The molecule has 0 spiro atoms. The van der Waals surface area contributed by atoms with E-state index >= 15 is 0 Å². The molecule has 1 aliphatic heterocycles. The van der Waals surface area contributed by atoms with Gasteiger partial charge in [0.1, 0.15) is 5.75 Å². The Morgan fingerprint density at radius 2 is 1.96 bits per heavy atom. The number of nitrogens with one attached hydrogen (secondary N) is 1. The molecule has 1 amide bonds. The van der Waals surface area contributed by atoms with Crippen LogP contribution < -0.4 is 14.4 Å². The van der Waals surface area contributed by atoms with Crippen molar-refractivity contribution in [2.45, 2.75) is 6.42 Å². The molecule has 3 rings (SSSR count). The maximum Gasteiger partial charge on any atom is 0.257 e. The number of rotatable bonds is 4. The molecule has 1 saturated heterocycles. The fourth-order valence-electron chi connectivity index (χ4n) is 2.73. The summed E-state index contributed by atoms with van der Waals surface area (Å²) in [6.07, 6.45) is 0.580. The third kappa shape index (κ3) is 3.75. The number of anilines is 2. The lowest BCUT2D eigenvalue weighted by molar-refractivity contribution is 0.102. The lowest BCUT2D eigenvalue weighted by atomic mass is 10.2. The van der Waals surface area contributed by atoms with Crippen molar-refractivity contribution in [2.75, 3.05) is 29.0 Å². The number of hydrogen-bond donors (Lipinski definition) is 1. The summed E-state index contributed by atoms with van der Waals surface area (Å²) in [5.41, 5.74) is 1.12. The van der Waals surface area contributed by atoms with Gasteiger partial charge < -0.3 is 10.1 Å². The molecule has 1 aliphatic rings. The van der Waals surface area contributed by atoms with Crippen LogP contribution in [0.5, 0.6) is 5.75 Å². The molecule has 6 nitrogen and oxygen atoms in total. The van der Waals surface area contributed by atoms with Gasteiger partial charge in [0.05, 0.1) is 34.8 Å². The molecular weight excluding hydrogens is 399 g/mol. The first-order chi connectivity index (χ1) is 12.3. The van der Waals surface area contributed by atoms with Gasteiger partial charge in [-0.15, -0.1) is 0 Å². The highest BCUT2D eigenvalue weighted by molar-refractivity contribution is 7.93. The number of halogens is 2. The van der Waals surface area contributed by atoms with Gasteiger partial charge in [-0.05, 0) is 36.8 Å². The molecule has 0 bridgehead atoms. The van der Waals surface area contributed by atoms with Crippen LogP contribution in [0.3, 0.4) is 0 Å². The van der Waals surface area contributed by atoms with Crippen molar-refractivity contribution >= 4 is 50.5 Å². The van der Waals surface area contributed by atoms with Crippen molar-refractivity contribution in [1.29, 1.82) is 0 Å². The Morgan fingerprint density at radius 1 is 1.19 bits per heavy atom. The van der Waals surface area contributed by atoms with E-state index in [0.717, 1.165) is 0 Å². The lowest BCUT2D eigenvalue weighted by Crippen LogP contribution is -2.25. The van der Waals surface area contributed by atoms with Crippen LogP contribution in [0.1, 0.15) is 16.8 Å². The Hall–Kier alpha value is -1.96.